The average Bonchev–Trinajstić information content (AvgIpc) is 2.38. The van der Waals surface area contributed by atoms with Gasteiger partial charge in [0, 0.05) is 10.6 Å². The number of halogens is 2. The van der Waals surface area contributed by atoms with Gasteiger partial charge in [-0.25, -0.2) is 4.39 Å². The quantitative estimate of drug-likeness (QED) is 0.524. The summed E-state index contributed by atoms with van der Waals surface area (Å²) >= 11 is 5.84. The third-order valence-electron chi connectivity index (χ3n) is 2.45. The van der Waals surface area contributed by atoms with Crippen LogP contribution in [-0.2, 0) is 6.61 Å². The molecule has 0 bridgehead atoms. The molecule has 0 aliphatic rings. The van der Waals surface area contributed by atoms with Gasteiger partial charge in [-0.2, -0.15) is 0 Å². The average molecular weight is 280 g/mol. The minimum Gasteiger partial charge on any atom is -0.488 e. The van der Waals surface area contributed by atoms with E-state index < -0.39 is 0 Å². The van der Waals surface area contributed by atoms with Crippen molar-refractivity contribution in [3.63, 3.8) is 0 Å². The van der Waals surface area contributed by atoms with E-state index in [1.165, 1.54) is 18.3 Å². The first-order chi connectivity index (χ1) is 9.19. The van der Waals surface area contributed by atoms with E-state index in [0.29, 0.717) is 21.9 Å². The first kappa shape index (κ1) is 13.4. The molecule has 19 heavy (non-hydrogen) atoms. The standard InChI is InChI=1S/C14H11ClFNO2/c15-12-4-5-14(11(7-12)8-17-18)19-9-10-2-1-3-13(16)6-10/h1-8,18H,9H2. The predicted molar refractivity (Wildman–Crippen MR) is 71.6 cm³/mol. The van der Waals surface area contributed by atoms with Gasteiger partial charge in [-0.05, 0) is 35.9 Å². The van der Waals surface area contributed by atoms with E-state index in [-0.39, 0.29) is 12.4 Å². The van der Waals surface area contributed by atoms with Crippen LogP contribution in [0.25, 0.3) is 0 Å². The molecule has 98 valence electrons. The van der Waals surface area contributed by atoms with Gasteiger partial charge >= 0.3 is 0 Å². The van der Waals surface area contributed by atoms with Crippen molar-refractivity contribution in [3.8, 4) is 5.75 Å². The lowest BCUT2D eigenvalue weighted by atomic mass is 10.2. The van der Waals surface area contributed by atoms with Crippen molar-refractivity contribution in [2.75, 3.05) is 0 Å². The second-order valence-electron chi connectivity index (χ2n) is 3.85. The smallest absolute Gasteiger partial charge is 0.128 e. The van der Waals surface area contributed by atoms with Crippen molar-refractivity contribution in [2.45, 2.75) is 6.61 Å². The van der Waals surface area contributed by atoms with Crippen LogP contribution in [0.5, 0.6) is 5.75 Å². The molecule has 1 N–H and O–H groups in total. The zero-order chi connectivity index (χ0) is 13.7. The van der Waals surface area contributed by atoms with E-state index in [0.717, 1.165) is 0 Å². The topological polar surface area (TPSA) is 41.8 Å². The van der Waals surface area contributed by atoms with Gasteiger partial charge in [0.05, 0.1) is 6.21 Å². The summed E-state index contributed by atoms with van der Waals surface area (Å²) in [5, 5.41) is 12.0. The summed E-state index contributed by atoms with van der Waals surface area (Å²) in [7, 11) is 0. The summed E-state index contributed by atoms with van der Waals surface area (Å²) in [5.41, 5.74) is 1.26. The van der Waals surface area contributed by atoms with Crippen LogP contribution in [0.2, 0.25) is 5.02 Å². The van der Waals surface area contributed by atoms with Crippen molar-refractivity contribution in [1.29, 1.82) is 0 Å². The van der Waals surface area contributed by atoms with Crippen molar-refractivity contribution in [2.24, 2.45) is 5.16 Å². The van der Waals surface area contributed by atoms with Gasteiger partial charge in [-0.3, -0.25) is 0 Å². The van der Waals surface area contributed by atoms with Gasteiger partial charge in [0.15, 0.2) is 0 Å². The van der Waals surface area contributed by atoms with Gasteiger partial charge in [0.1, 0.15) is 18.2 Å². The Hall–Kier alpha value is -2.07. The molecule has 0 spiro atoms. The zero-order valence-electron chi connectivity index (χ0n) is 9.88. The van der Waals surface area contributed by atoms with Gasteiger partial charge < -0.3 is 9.94 Å². The van der Waals surface area contributed by atoms with Crippen LogP contribution in [0.15, 0.2) is 47.6 Å². The van der Waals surface area contributed by atoms with Gasteiger partial charge in [-0.15, -0.1) is 0 Å². The molecule has 5 heteroatoms. The molecule has 0 radical (unpaired) electrons. The molecular formula is C14H11ClFNO2. The van der Waals surface area contributed by atoms with Crippen LogP contribution >= 0.6 is 11.6 Å². The number of nitrogens with zero attached hydrogens (tertiary/aromatic N) is 1. The van der Waals surface area contributed by atoms with E-state index in [2.05, 4.69) is 5.16 Å². The van der Waals surface area contributed by atoms with Crippen molar-refractivity contribution in [1.82, 2.24) is 0 Å². The SMILES string of the molecule is ON=Cc1cc(Cl)ccc1OCc1cccc(F)c1. The lowest BCUT2D eigenvalue weighted by Crippen LogP contribution is -1.99. The highest BCUT2D eigenvalue weighted by molar-refractivity contribution is 6.30. The number of benzene rings is 2. The first-order valence-electron chi connectivity index (χ1n) is 5.53. The van der Waals surface area contributed by atoms with Crippen LogP contribution in [0.3, 0.4) is 0 Å². The van der Waals surface area contributed by atoms with Crippen molar-refractivity contribution >= 4 is 17.8 Å². The third-order valence-corrected chi connectivity index (χ3v) is 2.69. The first-order valence-corrected chi connectivity index (χ1v) is 5.91. The Morgan fingerprint density at radius 2 is 2.11 bits per heavy atom. The van der Waals surface area contributed by atoms with E-state index in [1.54, 1.807) is 30.3 Å². The summed E-state index contributed by atoms with van der Waals surface area (Å²) in [6, 6.07) is 11.1. The maximum Gasteiger partial charge on any atom is 0.128 e. The molecule has 2 aromatic rings. The van der Waals surface area contributed by atoms with Gasteiger partial charge in [0.25, 0.3) is 0 Å². The second kappa shape index (κ2) is 6.20. The van der Waals surface area contributed by atoms with Crippen LogP contribution in [-0.4, -0.2) is 11.4 Å². The van der Waals surface area contributed by atoms with E-state index in [1.807, 2.05) is 0 Å². The Balaban J connectivity index is 2.15. The molecule has 2 aromatic carbocycles. The summed E-state index contributed by atoms with van der Waals surface area (Å²) < 4.78 is 18.6. The van der Waals surface area contributed by atoms with Crippen LogP contribution in [0.1, 0.15) is 11.1 Å². The van der Waals surface area contributed by atoms with E-state index >= 15 is 0 Å². The molecule has 0 aliphatic heterocycles. The highest BCUT2D eigenvalue weighted by Crippen LogP contribution is 2.22. The number of ether oxygens (including phenoxy) is 1. The summed E-state index contributed by atoms with van der Waals surface area (Å²) in [4.78, 5) is 0. The molecule has 0 saturated heterocycles. The van der Waals surface area contributed by atoms with Gasteiger partial charge in [-0.1, -0.05) is 28.9 Å². The van der Waals surface area contributed by atoms with Crippen LogP contribution in [0, 0.1) is 5.82 Å². The molecule has 0 atom stereocenters. The number of rotatable bonds is 4. The van der Waals surface area contributed by atoms with Crippen molar-refractivity contribution in [3.05, 3.63) is 64.4 Å². The number of hydrogen-bond donors (Lipinski definition) is 1. The molecule has 0 saturated carbocycles. The monoisotopic (exact) mass is 279 g/mol. The molecule has 0 fully saturated rings. The normalized spacial score (nSPS) is 10.8. The maximum absolute atomic E-state index is 13.0. The van der Waals surface area contributed by atoms with E-state index in [4.69, 9.17) is 21.5 Å². The van der Waals surface area contributed by atoms with Gasteiger partial charge in [0.2, 0.25) is 0 Å². The van der Waals surface area contributed by atoms with E-state index in [9.17, 15) is 4.39 Å². The lowest BCUT2D eigenvalue weighted by Gasteiger charge is -2.09. The minimum absolute atomic E-state index is 0.214. The fourth-order valence-electron chi connectivity index (χ4n) is 1.60. The Bertz CT molecular complexity index is 602. The highest BCUT2D eigenvalue weighted by Gasteiger charge is 2.04. The summed E-state index contributed by atoms with van der Waals surface area (Å²) in [6.07, 6.45) is 1.23. The molecule has 0 aliphatic carbocycles. The zero-order valence-corrected chi connectivity index (χ0v) is 10.6. The van der Waals surface area contributed by atoms with Crippen LogP contribution in [0.4, 0.5) is 4.39 Å². The van der Waals surface area contributed by atoms with Crippen LogP contribution < -0.4 is 4.74 Å². The molecule has 0 amide bonds. The molecule has 0 unspecified atom stereocenters. The largest absolute Gasteiger partial charge is 0.488 e. The lowest BCUT2D eigenvalue weighted by molar-refractivity contribution is 0.303. The third kappa shape index (κ3) is 3.69. The molecule has 2 rings (SSSR count). The second-order valence-corrected chi connectivity index (χ2v) is 4.28. The maximum atomic E-state index is 13.0. The number of hydrogen-bond acceptors (Lipinski definition) is 3. The highest BCUT2D eigenvalue weighted by atomic mass is 35.5. The molecule has 3 nitrogen and oxygen atoms in total. The van der Waals surface area contributed by atoms with Crippen molar-refractivity contribution < 1.29 is 14.3 Å². The Morgan fingerprint density at radius 3 is 2.84 bits per heavy atom. The Labute approximate surface area is 114 Å². The molecular weight excluding hydrogens is 269 g/mol. The minimum atomic E-state index is -0.311. The summed E-state index contributed by atoms with van der Waals surface area (Å²) in [6.45, 7) is 0.214. The Kier molecular flexibility index (Phi) is 4.36. The molecule has 0 heterocycles. The summed E-state index contributed by atoms with van der Waals surface area (Å²) in [5.74, 6) is 0.195. The fourth-order valence-corrected chi connectivity index (χ4v) is 1.78. The number of oxime groups is 1. The molecule has 0 aromatic heterocycles. The fraction of sp³-hybridized carbons (Fsp3) is 0.0714. The predicted octanol–water partition coefficient (Wildman–Crippen LogP) is 3.87. The Morgan fingerprint density at radius 1 is 1.26 bits per heavy atom.